The van der Waals surface area contributed by atoms with Crippen molar-refractivity contribution in [3.63, 3.8) is 0 Å². The van der Waals surface area contributed by atoms with Crippen LogP contribution in [-0.2, 0) is 0 Å². The lowest BCUT2D eigenvalue weighted by molar-refractivity contribution is 0.0781. The van der Waals surface area contributed by atoms with Gasteiger partial charge in [-0.2, -0.15) is 0 Å². The summed E-state index contributed by atoms with van der Waals surface area (Å²) in [5.74, 6) is 0.643. The van der Waals surface area contributed by atoms with Crippen molar-refractivity contribution in [1.29, 1.82) is 0 Å². The second-order valence-corrected chi connectivity index (χ2v) is 4.33. The van der Waals surface area contributed by atoms with E-state index in [1.807, 2.05) is 19.1 Å². The second-order valence-electron chi connectivity index (χ2n) is 3.48. The third-order valence-corrected chi connectivity index (χ3v) is 3.11. The van der Waals surface area contributed by atoms with Crippen LogP contribution in [0.3, 0.4) is 0 Å². The Labute approximate surface area is 110 Å². The molecular formula is C13H16BrNO2. The second kappa shape index (κ2) is 6.45. The number of carbonyl (C=O) groups excluding carboxylic acids is 1. The van der Waals surface area contributed by atoms with Gasteiger partial charge in [-0.05, 0) is 41.1 Å². The molecule has 0 aliphatic heterocycles. The van der Waals surface area contributed by atoms with Crippen LogP contribution in [-0.4, -0.2) is 31.0 Å². The average molecular weight is 298 g/mol. The van der Waals surface area contributed by atoms with Gasteiger partial charge in [0.05, 0.1) is 12.7 Å². The fourth-order valence-corrected chi connectivity index (χ4v) is 1.89. The van der Waals surface area contributed by atoms with E-state index in [4.69, 9.17) is 4.74 Å². The Morgan fingerprint density at radius 1 is 1.59 bits per heavy atom. The Bertz CT molecular complexity index is 418. The fourth-order valence-electron chi connectivity index (χ4n) is 1.48. The number of amides is 1. The molecule has 0 fully saturated rings. The predicted octanol–water partition coefficient (Wildman–Crippen LogP) is 3.11. The molecule has 0 spiro atoms. The number of ether oxygens (including phenoxy) is 1. The molecule has 0 unspecified atom stereocenters. The minimum atomic E-state index is -0.0295. The van der Waals surface area contributed by atoms with Crippen molar-refractivity contribution in [1.82, 2.24) is 4.90 Å². The summed E-state index contributed by atoms with van der Waals surface area (Å²) >= 11 is 3.38. The van der Waals surface area contributed by atoms with E-state index in [-0.39, 0.29) is 5.91 Å². The molecule has 0 saturated carbocycles. The average Bonchev–Trinajstić information content (AvgIpc) is 2.35. The van der Waals surface area contributed by atoms with Crippen molar-refractivity contribution in [3.8, 4) is 5.75 Å². The van der Waals surface area contributed by atoms with Crippen molar-refractivity contribution in [2.75, 3.05) is 20.2 Å². The van der Waals surface area contributed by atoms with Gasteiger partial charge in [-0.1, -0.05) is 6.08 Å². The van der Waals surface area contributed by atoms with E-state index in [0.29, 0.717) is 24.4 Å². The van der Waals surface area contributed by atoms with Crippen LogP contribution in [0, 0.1) is 0 Å². The predicted molar refractivity (Wildman–Crippen MR) is 72.5 cm³/mol. The highest BCUT2D eigenvalue weighted by Crippen LogP contribution is 2.23. The first-order chi connectivity index (χ1) is 8.13. The topological polar surface area (TPSA) is 29.5 Å². The Balaban J connectivity index is 3.04. The van der Waals surface area contributed by atoms with E-state index in [0.717, 1.165) is 4.47 Å². The maximum atomic E-state index is 12.2. The van der Waals surface area contributed by atoms with Crippen molar-refractivity contribution in [2.45, 2.75) is 6.92 Å². The Morgan fingerprint density at radius 2 is 2.29 bits per heavy atom. The molecule has 1 amide bonds. The van der Waals surface area contributed by atoms with E-state index in [2.05, 4.69) is 22.5 Å². The Kier molecular flexibility index (Phi) is 5.22. The summed E-state index contributed by atoms with van der Waals surface area (Å²) in [7, 11) is 1.58. The maximum Gasteiger partial charge on any atom is 0.255 e. The third kappa shape index (κ3) is 3.33. The molecule has 1 aromatic carbocycles. The van der Waals surface area contributed by atoms with Crippen LogP contribution >= 0.6 is 15.9 Å². The fraction of sp³-hybridized carbons (Fsp3) is 0.308. The lowest BCUT2D eigenvalue weighted by Gasteiger charge is -2.20. The highest BCUT2D eigenvalue weighted by atomic mass is 79.9. The number of hydrogen-bond acceptors (Lipinski definition) is 2. The summed E-state index contributed by atoms with van der Waals surface area (Å²) in [6.07, 6.45) is 1.72. The van der Waals surface area contributed by atoms with E-state index >= 15 is 0 Å². The molecule has 0 atom stereocenters. The number of methoxy groups -OCH3 is 1. The summed E-state index contributed by atoms with van der Waals surface area (Å²) in [5.41, 5.74) is 0.605. The van der Waals surface area contributed by atoms with Crippen molar-refractivity contribution in [2.24, 2.45) is 0 Å². The molecule has 0 N–H and O–H groups in total. The van der Waals surface area contributed by atoms with Gasteiger partial charge in [-0.25, -0.2) is 0 Å². The molecule has 17 heavy (non-hydrogen) atoms. The number of rotatable bonds is 5. The van der Waals surface area contributed by atoms with Crippen molar-refractivity contribution < 1.29 is 9.53 Å². The van der Waals surface area contributed by atoms with Gasteiger partial charge in [0, 0.05) is 17.6 Å². The Hall–Kier alpha value is -1.29. The number of likely N-dealkylation sites (N-methyl/N-ethyl adjacent to an activating group) is 1. The maximum absolute atomic E-state index is 12.2. The number of halogens is 1. The molecule has 0 radical (unpaired) electrons. The van der Waals surface area contributed by atoms with E-state index < -0.39 is 0 Å². The number of hydrogen-bond donors (Lipinski definition) is 0. The molecule has 3 nitrogen and oxygen atoms in total. The molecule has 4 heteroatoms. The normalized spacial score (nSPS) is 9.82. The molecule has 0 saturated heterocycles. The van der Waals surface area contributed by atoms with Gasteiger partial charge < -0.3 is 9.64 Å². The first-order valence-corrected chi connectivity index (χ1v) is 6.17. The number of benzene rings is 1. The van der Waals surface area contributed by atoms with E-state index in [9.17, 15) is 4.79 Å². The van der Waals surface area contributed by atoms with Crippen LogP contribution in [0.2, 0.25) is 0 Å². The van der Waals surface area contributed by atoms with Gasteiger partial charge in [0.1, 0.15) is 5.75 Å². The number of carbonyl (C=O) groups is 1. The lowest BCUT2D eigenvalue weighted by Crippen LogP contribution is -2.31. The van der Waals surface area contributed by atoms with Crippen LogP contribution in [0.25, 0.3) is 0 Å². The van der Waals surface area contributed by atoms with E-state index in [1.165, 1.54) is 0 Å². The van der Waals surface area contributed by atoms with Gasteiger partial charge >= 0.3 is 0 Å². The van der Waals surface area contributed by atoms with Gasteiger partial charge in [0.25, 0.3) is 5.91 Å². The molecule has 1 aromatic rings. The molecule has 0 aliphatic carbocycles. The summed E-state index contributed by atoms with van der Waals surface area (Å²) < 4.78 is 5.89. The first kappa shape index (κ1) is 13.8. The third-order valence-electron chi connectivity index (χ3n) is 2.42. The van der Waals surface area contributed by atoms with E-state index in [1.54, 1.807) is 24.2 Å². The quantitative estimate of drug-likeness (QED) is 0.782. The summed E-state index contributed by atoms with van der Waals surface area (Å²) in [4.78, 5) is 14.0. The summed E-state index contributed by atoms with van der Waals surface area (Å²) in [6.45, 7) is 6.78. The van der Waals surface area contributed by atoms with Crippen molar-refractivity contribution in [3.05, 3.63) is 40.9 Å². The SMILES string of the molecule is C=CCN(CC)C(=O)c1cc(OC)ccc1Br. The summed E-state index contributed by atoms with van der Waals surface area (Å²) in [6, 6.07) is 5.36. The molecule has 92 valence electrons. The highest BCUT2D eigenvalue weighted by molar-refractivity contribution is 9.10. The Morgan fingerprint density at radius 3 is 2.82 bits per heavy atom. The molecular weight excluding hydrogens is 282 g/mol. The van der Waals surface area contributed by atoms with Crippen LogP contribution in [0.5, 0.6) is 5.75 Å². The van der Waals surface area contributed by atoms with Gasteiger partial charge in [0.15, 0.2) is 0 Å². The molecule has 0 heterocycles. The minimum absolute atomic E-state index is 0.0295. The molecule has 0 aromatic heterocycles. The molecule has 1 rings (SSSR count). The van der Waals surface area contributed by atoms with Crippen LogP contribution in [0.4, 0.5) is 0 Å². The van der Waals surface area contributed by atoms with Crippen LogP contribution < -0.4 is 4.74 Å². The lowest BCUT2D eigenvalue weighted by atomic mass is 10.2. The first-order valence-electron chi connectivity index (χ1n) is 5.37. The standard InChI is InChI=1S/C13H16BrNO2/c1-4-8-15(5-2)13(16)11-9-10(17-3)6-7-12(11)14/h4,6-7,9H,1,5,8H2,2-3H3. The zero-order valence-electron chi connectivity index (χ0n) is 10.1. The molecule has 0 aliphatic rings. The minimum Gasteiger partial charge on any atom is -0.497 e. The van der Waals surface area contributed by atoms with Gasteiger partial charge in [0.2, 0.25) is 0 Å². The van der Waals surface area contributed by atoms with Crippen LogP contribution in [0.15, 0.2) is 35.3 Å². The smallest absolute Gasteiger partial charge is 0.255 e. The highest BCUT2D eigenvalue weighted by Gasteiger charge is 2.16. The monoisotopic (exact) mass is 297 g/mol. The largest absolute Gasteiger partial charge is 0.497 e. The van der Waals surface area contributed by atoms with Gasteiger partial charge in [-0.3, -0.25) is 4.79 Å². The molecule has 0 bridgehead atoms. The number of nitrogens with zero attached hydrogens (tertiary/aromatic N) is 1. The zero-order valence-corrected chi connectivity index (χ0v) is 11.7. The van der Waals surface area contributed by atoms with Crippen molar-refractivity contribution >= 4 is 21.8 Å². The van der Waals surface area contributed by atoms with Crippen LogP contribution in [0.1, 0.15) is 17.3 Å². The summed E-state index contributed by atoms with van der Waals surface area (Å²) in [5, 5.41) is 0. The zero-order chi connectivity index (χ0) is 12.8. The van der Waals surface area contributed by atoms with Gasteiger partial charge in [-0.15, -0.1) is 6.58 Å².